The van der Waals surface area contributed by atoms with Crippen molar-refractivity contribution in [2.45, 2.75) is 38.8 Å². The molecule has 9 heteroatoms. The van der Waals surface area contributed by atoms with Gasteiger partial charge in [0.15, 0.2) is 17.0 Å². The van der Waals surface area contributed by atoms with Crippen molar-refractivity contribution in [3.05, 3.63) is 111 Å². The van der Waals surface area contributed by atoms with Crippen molar-refractivity contribution >= 4 is 35.1 Å². The Morgan fingerprint density at radius 3 is 2.44 bits per heavy atom. The van der Waals surface area contributed by atoms with Crippen molar-refractivity contribution in [2.24, 2.45) is 0 Å². The quantitative estimate of drug-likeness (QED) is 0.116. The van der Waals surface area contributed by atoms with E-state index in [0.29, 0.717) is 29.4 Å². The highest BCUT2D eigenvalue weighted by atomic mass is 32.2. The van der Waals surface area contributed by atoms with E-state index < -0.39 is 4.92 Å². The van der Waals surface area contributed by atoms with Gasteiger partial charge in [-0.2, -0.15) is 0 Å². The van der Waals surface area contributed by atoms with Gasteiger partial charge in [-0.1, -0.05) is 36.9 Å². The number of nitrogens with zero attached hydrogens (tertiary/aromatic N) is 1. The standard InChI is InChI=1S/C30H31N3O5S/c1-4-7-23-16-22(18-27-29(34)32-30(39-27)31-24-12-8-20(5-2)9-13-24)17-26(37-6-3)28(23)38-19-21-10-14-25(15-11-21)33(35)36/h4,8-18,30-31H,1,5-7,19H2,2-3H3,(H,32,34)/b27-18-/t30-/m0/s1. The summed E-state index contributed by atoms with van der Waals surface area (Å²) >= 11 is 1.42. The summed E-state index contributed by atoms with van der Waals surface area (Å²) < 4.78 is 12.1. The highest BCUT2D eigenvalue weighted by Crippen LogP contribution is 2.37. The van der Waals surface area contributed by atoms with Gasteiger partial charge in [0.05, 0.1) is 16.4 Å². The van der Waals surface area contributed by atoms with Gasteiger partial charge in [0.1, 0.15) is 6.61 Å². The molecule has 39 heavy (non-hydrogen) atoms. The maximum Gasteiger partial charge on any atom is 0.269 e. The van der Waals surface area contributed by atoms with Crippen LogP contribution in [0.15, 0.2) is 78.2 Å². The highest BCUT2D eigenvalue weighted by molar-refractivity contribution is 8.05. The monoisotopic (exact) mass is 545 g/mol. The molecular formula is C30H31N3O5S. The summed E-state index contributed by atoms with van der Waals surface area (Å²) in [5, 5.41) is 17.3. The maximum absolute atomic E-state index is 12.7. The lowest BCUT2D eigenvalue weighted by Gasteiger charge is -2.17. The molecule has 0 bridgehead atoms. The maximum atomic E-state index is 12.7. The molecule has 202 valence electrons. The molecule has 8 nitrogen and oxygen atoms in total. The second-order valence-corrected chi connectivity index (χ2v) is 9.97. The Hall–Kier alpha value is -4.24. The average molecular weight is 546 g/mol. The van der Waals surface area contributed by atoms with Gasteiger partial charge < -0.3 is 20.1 Å². The molecule has 0 saturated carbocycles. The zero-order chi connectivity index (χ0) is 27.8. The lowest BCUT2D eigenvalue weighted by Crippen LogP contribution is -2.30. The summed E-state index contributed by atoms with van der Waals surface area (Å²) in [4.78, 5) is 23.8. The molecule has 2 N–H and O–H groups in total. The third-order valence-corrected chi connectivity index (χ3v) is 7.07. The first-order valence-corrected chi connectivity index (χ1v) is 13.6. The summed E-state index contributed by atoms with van der Waals surface area (Å²) in [6, 6.07) is 18.2. The van der Waals surface area contributed by atoms with Crippen LogP contribution >= 0.6 is 11.8 Å². The minimum Gasteiger partial charge on any atom is -0.490 e. The van der Waals surface area contributed by atoms with Crippen molar-refractivity contribution in [1.29, 1.82) is 0 Å². The summed E-state index contributed by atoms with van der Waals surface area (Å²) in [6.07, 6.45) is 5.13. The number of carbonyl (C=O) groups is 1. The van der Waals surface area contributed by atoms with Crippen molar-refractivity contribution in [3.8, 4) is 11.5 Å². The van der Waals surface area contributed by atoms with Crippen LogP contribution in [0.3, 0.4) is 0 Å². The van der Waals surface area contributed by atoms with E-state index >= 15 is 0 Å². The number of allylic oxidation sites excluding steroid dienone is 1. The molecule has 1 heterocycles. The van der Waals surface area contributed by atoms with Gasteiger partial charge in [-0.15, -0.1) is 6.58 Å². The number of rotatable bonds is 12. The van der Waals surface area contributed by atoms with Crippen LogP contribution in [0.4, 0.5) is 11.4 Å². The van der Waals surface area contributed by atoms with Crippen LogP contribution in [0.1, 0.15) is 36.1 Å². The van der Waals surface area contributed by atoms with E-state index in [9.17, 15) is 14.9 Å². The first-order valence-electron chi connectivity index (χ1n) is 12.7. The van der Waals surface area contributed by atoms with Crippen LogP contribution in [-0.2, 0) is 24.2 Å². The number of amides is 1. The Kier molecular flexibility index (Phi) is 9.27. The molecule has 1 amide bonds. The van der Waals surface area contributed by atoms with Crippen molar-refractivity contribution in [1.82, 2.24) is 5.32 Å². The Labute approximate surface area is 232 Å². The van der Waals surface area contributed by atoms with E-state index in [2.05, 4.69) is 36.3 Å². The molecule has 0 spiro atoms. The molecule has 3 aromatic rings. The molecule has 1 saturated heterocycles. The number of nitrogens with one attached hydrogen (secondary N) is 2. The molecule has 3 aromatic carbocycles. The van der Waals surface area contributed by atoms with E-state index in [0.717, 1.165) is 28.8 Å². The zero-order valence-corrected chi connectivity index (χ0v) is 22.8. The number of aryl methyl sites for hydroxylation is 1. The number of benzene rings is 3. The Morgan fingerprint density at radius 1 is 1.08 bits per heavy atom. The number of ether oxygens (including phenoxy) is 2. The smallest absolute Gasteiger partial charge is 0.269 e. The number of nitro groups is 1. The second-order valence-electron chi connectivity index (χ2n) is 8.82. The largest absolute Gasteiger partial charge is 0.490 e. The molecule has 0 unspecified atom stereocenters. The molecule has 4 rings (SSSR count). The lowest BCUT2D eigenvalue weighted by atomic mass is 10.0. The van der Waals surface area contributed by atoms with Gasteiger partial charge in [0.25, 0.3) is 11.6 Å². The van der Waals surface area contributed by atoms with Crippen LogP contribution in [0.5, 0.6) is 11.5 Å². The van der Waals surface area contributed by atoms with Gasteiger partial charge in [-0.3, -0.25) is 14.9 Å². The second kappa shape index (κ2) is 13.0. The fourth-order valence-corrected chi connectivity index (χ4v) is 5.06. The first-order chi connectivity index (χ1) is 18.9. The molecule has 0 aliphatic carbocycles. The molecule has 1 aliphatic rings. The molecule has 1 atom stereocenters. The van der Waals surface area contributed by atoms with Gasteiger partial charge in [-0.05, 0) is 78.9 Å². The minimum atomic E-state index is -0.432. The van der Waals surface area contributed by atoms with Crippen LogP contribution in [0.25, 0.3) is 6.08 Å². The van der Waals surface area contributed by atoms with Gasteiger partial charge in [0.2, 0.25) is 0 Å². The number of anilines is 1. The fraction of sp³-hybridized carbons (Fsp3) is 0.233. The van der Waals surface area contributed by atoms with Crippen LogP contribution in [0, 0.1) is 10.1 Å². The third-order valence-electron chi connectivity index (χ3n) is 6.04. The topological polar surface area (TPSA) is 103 Å². The zero-order valence-electron chi connectivity index (χ0n) is 21.9. The van der Waals surface area contributed by atoms with Crippen molar-refractivity contribution in [3.63, 3.8) is 0 Å². The molecule has 1 aliphatic heterocycles. The van der Waals surface area contributed by atoms with E-state index in [4.69, 9.17) is 9.47 Å². The SMILES string of the molecule is C=CCc1cc(/C=C2\S[C@@H](Nc3ccc(CC)cc3)NC2=O)cc(OCC)c1OCc1ccc([N+](=O)[O-])cc1. The normalized spacial score (nSPS) is 15.6. The first kappa shape index (κ1) is 27.8. The van der Waals surface area contributed by atoms with Crippen LogP contribution in [-0.4, -0.2) is 22.9 Å². The lowest BCUT2D eigenvalue weighted by molar-refractivity contribution is -0.384. The summed E-state index contributed by atoms with van der Waals surface area (Å²) in [7, 11) is 0. The fourth-order valence-electron chi connectivity index (χ4n) is 4.07. The summed E-state index contributed by atoms with van der Waals surface area (Å²) in [5.41, 5.74) is 4.40. The average Bonchev–Trinajstić information content (AvgIpc) is 3.27. The van der Waals surface area contributed by atoms with Crippen molar-refractivity contribution in [2.75, 3.05) is 11.9 Å². The van der Waals surface area contributed by atoms with E-state index in [1.165, 1.54) is 29.5 Å². The van der Waals surface area contributed by atoms with Gasteiger partial charge in [-0.25, -0.2) is 0 Å². The van der Waals surface area contributed by atoms with Gasteiger partial charge in [0, 0.05) is 23.4 Å². The number of thioether (sulfide) groups is 1. The molecule has 1 fully saturated rings. The van der Waals surface area contributed by atoms with Crippen molar-refractivity contribution < 1.29 is 19.2 Å². The van der Waals surface area contributed by atoms with E-state index in [-0.39, 0.29) is 23.7 Å². The van der Waals surface area contributed by atoms with Crippen LogP contribution in [0.2, 0.25) is 0 Å². The van der Waals surface area contributed by atoms with Gasteiger partial charge >= 0.3 is 0 Å². The van der Waals surface area contributed by atoms with E-state index in [1.807, 2.05) is 37.3 Å². The highest BCUT2D eigenvalue weighted by Gasteiger charge is 2.27. The van der Waals surface area contributed by atoms with E-state index in [1.54, 1.807) is 18.2 Å². The number of hydrogen-bond donors (Lipinski definition) is 2. The molecular weight excluding hydrogens is 514 g/mol. The number of non-ortho nitro benzene ring substituents is 1. The Balaban J connectivity index is 1.54. The molecule has 0 aromatic heterocycles. The number of hydrogen-bond acceptors (Lipinski definition) is 7. The third kappa shape index (κ3) is 7.20. The summed E-state index contributed by atoms with van der Waals surface area (Å²) in [6.45, 7) is 8.52. The number of nitro benzene ring substituents is 1. The molecule has 0 radical (unpaired) electrons. The van der Waals surface area contributed by atoms with Crippen LogP contribution < -0.4 is 20.1 Å². The Morgan fingerprint density at radius 2 is 1.79 bits per heavy atom. The predicted molar refractivity (Wildman–Crippen MR) is 156 cm³/mol. The number of carbonyl (C=O) groups excluding carboxylic acids is 1. The Bertz CT molecular complexity index is 1370. The minimum absolute atomic E-state index is 0.0270. The predicted octanol–water partition coefficient (Wildman–Crippen LogP) is 6.46. The summed E-state index contributed by atoms with van der Waals surface area (Å²) in [5.74, 6) is 0.986.